The van der Waals surface area contributed by atoms with Gasteiger partial charge in [0.05, 0.1) is 36.8 Å². The van der Waals surface area contributed by atoms with Gasteiger partial charge in [-0.15, -0.1) is 0 Å². The molecule has 1 unspecified atom stereocenters. The predicted octanol–water partition coefficient (Wildman–Crippen LogP) is 1.12. The van der Waals surface area contributed by atoms with Crippen molar-refractivity contribution in [3.8, 4) is 5.75 Å². The van der Waals surface area contributed by atoms with E-state index < -0.39 is 6.10 Å². The van der Waals surface area contributed by atoms with Gasteiger partial charge in [-0.1, -0.05) is 12.1 Å². The Morgan fingerprint density at radius 2 is 2.19 bits per heavy atom. The van der Waals surface area contributed by atoms with Crippen LogP contribution in [0.5, 0.6) is 5.75 Å². The molecule has 6 nitrogen and oxygen atoms in total. The summed E-state index contributed by atoms with van der Waals surface area (Å²) in [5, 5.41) is 14.4. The topological polar surface area (TPSA) is 76.5 Å². The number of β-amino-alcohol motifs (C(OH)–C–C–N with tert-alkyl or cyclic N) is 1. The lowest BCUT2D eigenvalue weighted by Gasteiger charge is -2.26. The fraction of sp³-hybridized carbons (Fsp3) is 0.400. The maximum absolute atomic E-state index is 10.3. The molecule has 1 aromatic carbocycles. The first-order chi connectivity index (χ1) is 10.2. The van der Waals surface area contributed by atoms with E-state index in [1.54, 1.807) is 17.1 Å². The Balaban J connectivity index is 1.69. The lowest BCUT2D eigenvalue weighted by Crippen LogP contribution is -2.35. The average Bonchev–Trinajstić information content (AvgIpc) is 2.77. The van der Waals surface area contributed by atoms with Gasteiger partial charge in [-0.3, -0.25) is 4.68 Å². The molecule has 3 rings (SSSR count). The summed E-state index contributed by atoms with van der Waals surface area (Å²) in [5.74, 6) is 0.880. The summed E-state index contributed by atoms with van der Waals surface area (Å²) in [7, 11) is 0. The molecule has 1 aliphatic rings. The number of hydrogen-bond donors (Lipinski definition) is 2. The number of nitrogens with two attached hydrogens (primary N) is 1. The van der Waals surface area contributed by atoms with E-state index in [-0.39, 0.29) is 0 Å². The summed E-state index contributed by atoms with van der Waals surface area (Å²) in [6, 6.07) is 7.94. The number of aromatic nitrogens is 2. The molecule has 1 aromatic heterocycles. The van der Waals surface area contributed by atoms with Crippen LogP contribution < -0.4 is 15.4 Å². The van der Waals surface area contributed by atoms with Crippen molar-refractivity contribution in [3.05, 3.63) is 36.7 Å². The summed E-state index contributed by atoms with van der Waals surface area (Å²) in [4.78, 5) is 2.17. The molecule has 112 valence electrons. The maximum atomic E-state index is 10.3. The molecule has 6 heteroatoms. The van der Waals surface area contributed by atoms with Crippen molar-refractivity contribution in [1.29, 1.82) is 0 Å². The molecule has 0 fully saturated rings. The van der Waals surface area contributed by atoms with Crippen LogP contribution in [0.15, 0.2) is 36.7 Å². The van der Waals surface area contributed by atoms with Crippen molar-refractivity contribution in [3.63, 3.8) is 0 Å². The van der Waals surface area contributed by atoms with Gasteiger partial charge in [0.25, 0.3) is 0 Å². The lowest BCUT2D eigenvalue weighted by atomic mass is 10.2. The minimum absolute atomic E-state index is 0.427. The standard InChI is InChI=1S/C15H20N4O2/c16-12-8-17-19(9-12)11-13(20)10-18-6-3-7-21-15-5-2-1-4-14(15)18/h1-2,4-5,8-9,13,20H,3,6-7,10-11,16H2. The Bertz CT molecular complexity index is 599. The number of nitrogen functional groups attached to an aromatic ring is 1. The number of hydrogen-bond acceptors (Lipinski definition) is 5. The Morgan fingerprint density at radius 3 is 3.00 bits per heavy atom. The third kappa shape index (κ3) is 3.28. The van der Waals surface area contributed by atoms with Crippen LogP contribution in [-0.4, -0.2) is 40.7 Å². The maximum Gasteiger partial charge on any atom is 0.142 e. The molecule has 1 aliphatic heterocycles. The van der Waals surface area contributed by atoms with Gasteiger partial charge < -0.3 is 20.5 Å². The molecule has 21 heavy (non-hydrogen) atoms. The normalized spacial score (nSPS) is 16.0. The first kappa shape index (κ1) is 13.8. The van der Waals surface area contributed by atoms with E-state index in [2.05, 4.69) is 10.00 Å². The third-order valence-electron chi connectivity index (χ3n) is 3.52. The number of rotatable bonds is 4. The molecular formula is C15H20N4O2. The summed E-state index contributed by atoms with van der Waals surface area (Å²) in [6.07, 6.45) is 3.73. The second kappa shape index (κ2) is 6.05. The SMILES string of the molecule is Nc1cnn(CC(O)CN2CCCOc3ccccc32)c1. The highest BCUT2D eigenvalue weighted by Crippen LogP contribution is 2.30. The van der Waals surface area contributed by atoms with E-state index in [4.69, 9.17) is 10.5 Å². The number of aliphatic hydroxyl groups is 1. The van der Waals surface area contributed by atoms with Gasteiger partial charge in [-0.05, 0) is 18.6 Å². The van der Waals surface area contributed by atoms with Crippen LogP contribution in [0.1, 0.15) is 6.42 Å². The predicted molar refractivity (Wildman–Crippen MR) is 81.4 cm³/mol. The summed E-state index contributed by atoms with van der Waals surface area (Å²) in [6.45, 7) is 2.55. The van der Waals surface area contributed by atoms with Gasteiger partial charge in [-0.25, -0.2) is 0 Å². The van der Waals surface area contributed by atoms with Crippen molar-refractivity contribution < 1.29 is 9.84 Å². The summed E-state index contributed by atoms with van der Waals surface area (Å²) in [5.41, 5.74) is 7.27. The van der Waals surface area contributed by atoms with Crippen LogP contribution in [0.3, 0.4) is 0 Å². The van der Waals surface area contributed by atoms with Crippen molar-refractivity contribution in [2.24, 2.45) is 0 Å². The highest BCUT2D eigenvalue weighted by atomic mass is 16.5. The Morgan fingerprint density at radius 1 is 1.33 bits per heavy atom. The molecular weight excluding hydrogens is 268 g/mol. The summed E-state index contributed by atoms with van der Waals surface area (Å²) >= 11 is 0. The minimum atomic E-state index is -0.518. The average molecular weight is 288 g/mol. The molecule has 0 saturated carbocycles. The van der Waals surface area contributed by atoms with Crippen LogP contribution in [0.4, 0.5) is 11.4 Å². The fourth-order valence-electron chi connectivity index (χ4n) is 2.60. The van der Waals surface area contributed by atoms with Crippen molar-refractivity contribution in [1.82, 2.24) is 9.78 Å². The molecule has 2 heterocycles. The molecule has 0 radical (unpaired) electrons. The molecule has 0 spiro atoms. The molecule has 0 amide bonds. The van der Waals surface area contributed by atoms with Crippen LogP contribution in [0.25, 0.3) is 0 Å². The van der Waals surface area contributed by atoms with E-state index in [1.807, 2.05) is 24.3 Å². The highest BCUT2D eigenvalue weighted by molar-refractivity contribution is 5.59. The number of benzene rings is 1. The molecule has 0 bridgehead atoms. The Hall–Kier alpha value is -2.21. The zero-order chi connectivity index (χ0) is 14.7. The van der Waals surface area contributed by atoms with Crippen LogP contribution >= 0.6 is 0 Å². The summed E-state index contributed by atoms with van der Waals surface area (Å²) < 4.78 is 7.39. The van der Waals surface area contributed by atoms with E-state index >= 15 is 0 Å². The van der Waals surface area contributed by atoms with E-state index in [0.717, 1.165) is 24.4 Å². The second-order valence-corrected chi connectivity index (χ2v) is 5.27. The zero-order valence-corrected chi connectivity index (χ0v) is 11.9. The first-order valence-electron chi connectivity index (χ1n) is 7.15. The largest absolute Gasteiger partial charge is 0.491 e. The highest BCUT2D eigenvalue weighted by Gasteiger charge is 2.19. The first-order valence-corrected chi connectivity index (χ1v) is 7.15. The number of nitrogens with zero attached hydrogens (tertiary/aromatic N) is 3. The van der Waals surface area contributed by atoms with Crippen LogP contribution in [0.2, 0.25) is 0 Å². The van der Waals surface area contributed by atoms with Crippen LogP contribution in [-0.2, 0) is 6.54 Å². The quantitative estimate of drug-likeness (QED) is 0.881. The third-order valence-corrected chi connectivity index (χ3v) is 3.52. The van der Waals surface area contributed by atoms with Crippen molar-refractivity contribution in [2.45, 2.75) is 19.1 Å². The smallest absolute Gasteiger partial charge is 0.142 e. The molecule has 1 atom stereocenters. The lowest BCUT2D eigenvalue weighted by molar-refractivity contribution is 0.154. The second-order valence-electron chi connectivity index (χ2n) is 5.27. The number of para-hydroxylation sites is 2. The Kier molecular flexibility index (Phi) is 3.96. The van der Waals surface area contributed by atoms with Gasteiger partial charge in [-0.2, -0.15) is 5.10 Å². The molecule has 3 N–H and O–H groups in total. The van der Waals surface area contributed by atoms with E-state index in [9.17, 15) is 5.11 Å². The monoisotopic (exact) mass is 288 g/mol. The molecule has 0 saturated heterocycles. The van der Waals surface area contributed by atoms with Crippen molar-refractivity contribution >= 4 is 11.4 Å². The zero-order valence-electron chi connectivity index (χ0n) is 11.9. The number of anilines is 2. The van der Waals surface area contributed by atoms with Gasteiger partial charge in [0.2, 0.25) is 0 Å². The number of ether oxygens (including phenoxy) is 1. The van der Waals surface area contributed by atoms with E-state index in [0.29, 0.717) is 25.4 Å². The fourth-order valence-corrected chi connectivity index (χ4v) is 2.60. The van der Waals surface area contributed by atoms with Gasteiger partial charge in [0.15, 0.2) is 0 Å². The van der Waals surface area contributed by atoms with Gasteiger partial charge >= 0.3 is 0 Å². The van der Waals surface area contributed by atoms with Crippen molar-refractivity contribution in [2.75, 3.05) is 30.3 Å². The van der Waals surface area contributed by atoms with Crippen LogP contribution in [0, 0.1) is 0 Å². The molecule has 0 aliphatic carbocycles. The van der Waals surface area contributed by atoms with Gasteiger partial charge in [0, 0.05) is 19.3 Å². The number of aliphatic hydroxyl groups excluding tert-OH is 1. The number of fused-ring (bicyclic) bond motifs is 1. The Labute approximate surface area is 123 Å². The minimum Gasteiger partial charge on any atom is -0.491 e. The van der Waals surface area contributed by atoms with E-state index in [1.165, 1.54) is 0 Å². The molecule has 2 aromatic rings. The van der Waals surface area contributed by atoms with Gasteiger partial charge in [0.1, 0.15) is 5.75 Å².